The third-order valence-corrected chi connectivity index (χ3v) is 3.25. The molecule has 1 aromatic heterocycles. The summed E-state index contributed by atoms with van der Waals surface area (Å²) < 4.78 is 5.75. The molecular weight excluding hydrogens is 226 g/mol. The topological polar surface area (TPSA) is 37.4 Å². The van der Waals surface area contributed by atoms with Gasteiger partial charge in [-0.3, -0.25) is 9.88 Å². The molecule has 2 heterocycles. The molecule has 1 N–H and O–H groups in total. The smallest absolute Gasteiger partial charge is 0.0826 e. The van der Waals surface area contributed by atoms with Crippen LogP contribution in [-0.4, -0.2) is 48.8 Å². The first-order valence-electron chi connectivity index (χ1n) is 6.75. The highest BCUT2D eigenvalue weighted by molar-refractivity contribution is 5.09. The van der Waals surface area contributed by atoms with Gasteiger partial charge in [0.1, 0.15) is 0 Å². The number of aromatic nitrogens is 1. The zero-order valence-corrected chi connectivity index (χ0v) is 11.4. The Morgan fingerprint density at radius 2 is 2.39 bits per heavy atom. The Bertz CT molecular complexity index is 364. The summed E-state index contributed by atoms with van der Waals surface area (Å²) >= 11 is 0. The van der Waals surface area contributed by atoms with Gasteiger partial charge >= 0.3 is 0 Å². The van der Waals surface area contributed by atoms with E-state index in [9.17, 15) is 0 Å². The predicted octanol–water partition coefficient (Wildman–Crippen LogP) is 1.20. The minimum Gasteiger partial charge on any atom is -0.374 e. The fourth-order valence-corrected chi connectivity index (χ4v) is 2.25. The van der Waals surface area contributed by atoms with Crippen LogP contribution in [0.1, 0.15) is 18.3 Å². The van der Waals surface area contributed by atoms with Crippen LogP contribution >= 0.6 is 0 Å². The third-order valence-electron chi connectivity index (χ3n) is 3.25. The molecule has 0 aliphatic carbocycles. The first-order valence-corrected chi connectivity index (χ1v) is 6.75. The highest BCUT2D eigenvalue weighted by Gasteiger charge is 2.17. The van der Waals surface area contributed by atoms with Gasteiger partial charge in [0.25, 0.3) is 0 Å². The number of nitrogens with zero attached hydrogens (tertiary/aromatic N) is 2. The van der Waals surface area contributed by atoms with E-state index in [0.29, 0.717) is 6.10 Å². The average Bonchev–Trinajstić information content (AvgIpc) is 2.39. The van der Waals surface area contributed by atoms with Crippen LogP contribution in [0.3, 0.4) is 0 Å². The largest absolute Gasteiger partial charge is 0.374 e. The van der Waals surface area contributed by atoms with Crippen LogP contribution in [0.15, 0.2) is 18.2 Å². The van der Waals surface area contributed by atoms with Crippen molar-refractivity contribution in [2.24, 2.45) is 0 Å². The van der Waals surface area contributed by atoms with Crippen LogP contribution in [0.5, 0.6) is 0 Å². The van der Waals surface area contributed by atoms with Gasteiger partial charge in [-0.05, 0) is 25.6 Å². The lowest BCUT2D eigenvalue weighted by molar-refractivity contribution is 0.00474. The molecule has 1 atom stereocenters. The quantitative estimate of drug-likeness (QED) is 0.851. The SMILES string of the molecule is CCN(Cc1cccc(C)n1)CC1CNCCO1. The Morgan fingerprint density at radius 3 is 3.06 bits per heavy atom. The number of hydrogen-bond acceptors (Lipinski definition) is 4. The fourth-order valence-electron chi connectivity index (χ4n) is 2.25. The monoisotopic (exact) mass is 249 g/mol. The molecule has 1 aliphatic heterocycles. The molecule has 0 spiro atoms. The lowest BCUT2D eigenvalue weighted by Crippen LogP contribution is -2.45. The Balaban J connectivity index is 1.88. The van der Waals surface area contributed by atoms with Crippen LogP contribution in [0.4, 0.5) is 0 Å². The van der Waals surface area contributed by atoms with E-state index in [1.165, 1.54) is 0 Å². The Hall–Kier alpha value is -0.970. The number of morpholine rings is 1. The van der Waals surface area contributed by atoms with Gasteiger partial charge in [0, 0.05) is 31.9 Å². The van der Waals surface area contributed by atoms with Crippen molar-refractivity contribution in [2.45, 2.75) is 26.5 Å². The minimum absolute atomic E-state index is 0.309. The summed E-state index contributed by atoms with van der Waals surface area (Å²) in [5, 5.41) is 3.37. The fraction of sp³-hybridized carbons (Fsp3) is 0.643. The second-order valence-corrected chi connectivity index (χ2v) is 4.79. The van der Waals surface area contributed by atoms with E-state index in [1.807, 2.05) is 13.0 Å². The van der Waals surface area contributed by atoms with Crippen molar-refractivity contribution in [3.8, 4) is 0 Å². The lowest BCUT2D eigenvalue weighted by atomic mass is 10.2. The van der Waals surface area contributed by atoms with E-state index in [4.69, 9.17) is 4.74 Å². The molecule has 2 rings (SSSR count). The average molecular weight is 249 g/mol. The summed E-state index contributed by atoms with van der Waals surface area (Å²) in [6.45, 7) is 9.87. The summed E-state index contributed by atoms with van der Waals surface area (Å²) in [7, 11) is 0. The summed E-state index contributed by atoms with van der Waals surface area (Å²) in [5.41, 5.74) is 2.22. The van der Waals surface area contributed by atoms with Crippen molar-refractivity contribution in [3.63, 3.8) is 0 Å². The van der Waals surface area contributed by atoms with Crippen molar-refractivity contribution in [1.29, 1.82) is 0 Å². The van der Waals surface area contributed by atoms with Gasteiger partial charge in [-0.25, -0.2) is 0 Å². The molecular formula is C14H23N3O. The molecule has 0 saturated carbocycles. The highest BCUT2D eigenvalue weighted by atomic mass is 16.5. The van der Waals surface area contributed by atoms with Gasteiger partial charge in [-0.15, -0.1) is 0 Å². The van der Waals surface area contributed by atoms with Crippen molar-refractivity contribution >= 4 is 0 Å². The van der Waals surface area contributed by atoms with E-state index in [2.05, 4.69) is 34.3 Å². The first-order chi connectivity index (χ1) is 8.78. The predicted molar refractivity (Wildman–Crippen MR) is 72.5 cm³/mol. The van der Waals surface area contributed by atoms with Crippen LogP contribution in [0.25, 0.3) is 0 Å². The number of rotatable bonds is 5. The molecule has 1 unspecified atom stereocenters. The zero-order chi connectivity index (χ0) is 12.8. The number of ether oxygens (including phenoxy) is 1. The van der Waals surface area contributed by atoms with Crippen LogP contribution in [0, 0.1) is 6.92 Å². The summed E-state index contributed by atoms with van der Waals surface area (Å²) in [6, 6.07) is 6.20. The standard InChI is InChI=1S/C14H23N3O/c1-3-17(11-14-9-15-7-8-18-14)10-13-6-4-5-12(2)16-13/h4-6,14-15H,3,7-11H2,1-2H3. The normalized spacial score (nSPS) is 20.3. The van der Waals surface area contributed by atoms with Crippen molar-refractivity contribution in [2.75, 3.05) is 32.8 Å². The van der Waals surface area contributed by atoms with Crippen LogP contribution < -0.4 is 5.32 Å². The van der Waals surface area contributed by atoms with Crippen molar-refractivity contribution in [1.82, 2.24) is 15.2 Å². The van der Waals surface area contributed by atoms with E-state index in [-0.39, 0.29) is 0 Å². The molecule has 4 heteroatoms. The third kappa shape index (κ3) is 4.05. The van der Waals surface area contributed by atoms with E-state index in [1.54, 1.807) is 0 Å². The van der Waals surface area contributed by atoms with Gasteiger partial charge in [0.05, 0.1) is 18.4 Å². The molecule has 1 aliphatic rings. The molecule has 1 aromatic rings. The Labute approximate surface area is 109 Å². The highest BCUT2D eigenvalue weighted by Crippen LogP contribution is 2.06. The number of nitrogens with one attached hydrogen (secondary N) is 1. The number of hydrogen-bond donors (Lipinski definition) is 1. The maximum absolute atomic E-state index is 5.75. The van der Waals surface area contributed by atoms with Crippen molar-refractivity contribution < 1.29 is 4.74 Å². The number of aryl methyl sites for hydroxylation is 1. The molecule has 18 heavy (non-hydrogen) atoms. The molecule has 0 radical (unpaired) electrons. The van der Waals surface area contributed by atoms with Gasteiger partial charge in [-0.2, -0.15) is 0 Å². The van der Waals surface area contributed by atoms with E-state index < -0.39 is 0 Å². The molecule has 0 aromatic carbocycles. The summed E-state index contributed by atoms with van der Waals surface area (Å²) in [4.78, 5) is 6.94. The minimum atomic E-state index is 0.309. The van der Waals surface area contributed by atoms with Crippen molar-refractivity contribution in [3.05, 3.63) is 29.6 Å². The van der Waals surface area contributed by atoms with Gasteiger partial charge in [-0.1, -0.05) is 13.0 Å². The molecule has 1 fully saturated rings. The number of likely N-dealkylation sites (N-methyl/N-ethyl adjacent to an activating group) is 1. The molecule has 4 nitrogen and oxygen atoms in total. The summed E-state index contributed by atoms with van der Waals surface area (Å²) in [6.07, 6.45) is 0.309. The molecule has 0 bridgehead atoms. The maximum Gasteiger partial charge on any atom is 0.0826 e. The second-order valence-electron chi connectivity index (χ2n) is 4.79. The molecule has 0 amide bonds. The van der Waals surface area contributed by atoms with E-state index >= 15 is 0 Å². The number of pyridine rings is 1. The second kappa shape index (κ2) is 6.83. The molecule has 1 saturated heterocycles. The van der Waals surface area contributed by atoms with Crippen LogP contribution in [-0.2, 0) is 11.3 Å². The first kappa shape index (κ1) is 13.5. The maximum atomic E-state index is 5.75. The van der Waals surface area contributed by atoms with E-state index in [0.717, 1.165) is 50.7 Å². The van der Waals surface area contributed by atoms with Gasteiger partial charge < -0.3 is 10.1 Å². The molecule has 100 valence electrons. The summed E-state index contributed by atoms with van der Waals surface area (Å²) in [5.74, 6) is 0. The van der Waals surface area contributed by atoms with Crippen LogP contribution in [0.2, 0.25) is 0 Å². The Morgan fingerprint density at radius 1 is 1.50 bits per heavy atom. The van der Waals surface area contributed by atoms with Gasteiger partial charge in [0.2, 0.25) is 0 Å². The lowest BCUT2D eigenvalue weighted by Gasteiger charge is -2.29. The Kier molecular flexibility index (Phi) is 5.11. The van der Waals surface area contributed by atoms with Gasteiger partial charge in [0.15, 0.2) is 0 Å². The zero-order valence-electron chi connectivity index (χ0n) is 11.4.